The molecule has 130 valence electrons. The largest absolute Gasteiger partial charge is 0.493 e. The molecule has 0 amide bonds. The van der Waals surface area contributed by atoms with Crippen LogP contribution in [0.3, 0.4) is 0 Å². The van der Waals surface area contributed by atoms with Crippen LogP contribution in [0.5, 0.6) is 17.2 Å². The number of aromatic carboxylic acids is 1. The van der Waals surface area contributed by atoms with Crippen LogP contribution in [-0.2, 0) is 0 Å². The zero-order valence-corrected chi connectivity index (χ0v) is 14.1. The van der Waals surface area contributed by atoms with Gasteiger partial charge in [-0.25, -0.2) is 4.79 Å². The van der Waals surface area contributed by atoms with Gasteiger partial charge in [-0.2, -0.15) is 0 Å². The number of rotatable bonds is 7. The summed E-state index contributed by atoms with van der Waals surface area (Å²) in [7, 11) is 4.43. The van der Waals surface area contributed by atoms with Crippen LogP contribution < -0.4 is 14.2 Å². The van der Waals surface area contributed by atoms with Crippen LogP contribution in [-0.4, -0.2) is 38.2 Å². The van der Waals surface area contributed by atoms with E-state index in [1.807, 2.05) is 0 Å². The van der Waals surface area contributed by atoms with Crippen molar-refractivity contribution >= 4 is 17.8 Å². The molecule has 0 bridgehead atoms. The average Bonchev–Trinajstić information content (AvgIpc) is 2.64. The third-order valence-corrected chi connectivity index (χ3v) is 3.51. The molecule has 2 aromatic carbocycles. The molecular formula is C19H18O6. The number of benzene rings is 2. The summed E-state index contributed by atoms with van der Waals surface area (Å²) in [6, 6.07) is 9.42. The number of hydrogen-bond donors (Lipinski definition) is 1. The molecule has 6 heteroatoms. The summed E-state index contributed by atoms with van der Waals surface area (Å²) in [6.45, 7) is 0. The molecule has 0 aliphatic heterocycles. The van der Waals surface area contributed by atoms with E-state index in [4.69, 9.17) is 19.3 Å². The molecule has 0 atom stereocenters. The van der Waals surface area contributed by atoms with Crippen molar-refractivity contribution in [3.05, 3.63) is 59.2 Å². The SMILES string of the molecule is COc1cc(C(=O)/C=C/c2cccc(C(=O)O)c2)cc(OC)c1OC. The number of carbonyl (C=O) groups is 2. The van der Waals surface area contributed by atoms with Crippen molar-refractivity contribution in [2.75, 3.05) is 21.3 Å². The lowest BCUT2D eigenvalue weighted by molar-refractivity contribution is 0.0696. The Hall–Kier alpha value is -3.28. The lowest BCUT2D eigenvalue weighted by Crippen LogP contribution is -2.00. The van der Waals surface area contributed by atoms with Gasteiger partial charge < -0.3 is 19.3 Å². The summed E-state index contributed by atoms with van der Waals surface area (Å²) in [5, 5.41) is 9.00. The molecule has 6 nitrogen and oxygen atoms in total. The van der Waals surface area contributed by atoms with Crippen LogP contribution in [0.1, 0.15) is 26.3 Å². The van der Waals surface area contributed by atoms with E-state index >= 15 is 0 Å². The third kappa shape index (κ3) is 4.17. The second-order valence-electron chi connectivity index (χ2n) is 5.04. The summed E-state index contributed by atoms with van der Waals surface area (Å²) in [5.41, 5.74) is 1.13. The van der Waals surface area contributed by atoms with Gasteiger partial charge in [0.1, 0.15) is 0 Å². The Morgan fingerprint density at radius 3 is 2.08 bits per heavy atom. The third-order valence-electron chi connectivity index (χ3n) is 3.51. The van der Waals surface area contributed by atoms with Crippen LogP contribution in [0, 0.1) is 0 Å². The van der Waals surface area contributed by atoms with E-state index in [1.54, 1.807) is 30.3 Å². The number of ether oxygens (including phenoxy) is 3. The topological polar surface area (TPSA) is 82.1 Å². The van der Waals surface area contributed by atoms with E-state index in [0.717, 1.165) is 0 Å². The zero-order chi connectivity index (χ0) is 18.4. The summed E-state index contributed by atoms with van der Waals surface area (Å²) in [6.07, 6.45) is 2.92. The van der Waals surface area contributed by atoms with E-state index in [0.29, 0.717) is 28.4 Å². The molecule has 2 rings (SSSR count). The van der Waals surface area contributed by atoms with Crippen LogP contribution in [0.15, 0.2) is 42.5 Å². The van der Waals surface area contributed by atoms with Crippen molar-refractivity contribution in [3.63, 3.8) is 0 Å². The van der Waals surface area contributed by atoms with Crippen molar-refractivity contribution in [1.29, 1.82) is 0 Å². The van der Waals surface area contributed by atoms with Crippen molar-refractivity contribution in [2.24, 2.45) is 0 Å². The number of methoxy groups -OCH3 is 3. The summed E-state index contributed by atoms with van der Waals surface area (Å²) in [4.78, 5) is 23.4. The van der Waals surface area contributed by atoms with E-state index < -0.39 is 5.97 Å². The van der Waals surface area contributed by atoms with Gasteiger partial charge in [-0.15, -0.1) is 0 Å². The fourth-order valence-electron chi connectivity index (χ4n) is 2.27. The van der Waals surface area contributed by atoms with Crippen molar-refractivity contribution in [2.45, 2.75) is 0 Å². The normalized spacial score (nSPS) is 10.5. The summed E-state index contributed by atoms with van der Waals surface area (Å²) < 4.78 is 15.7. The highest BCUT2D eigenvalue weighted by Gasteiger charge is 2.15. The lowest BCUT2D eigenvalue weighted by Gasteiger charge is -2.13. The molecule has 2 aromatic rings. The monoisotopic (exact) mass is 342 g/mol. The van der Waals surface area contributed by atoms with Crippen molar-refractivity contribution in [1.82, 2.24) is 0 Å². The minimum Gasteiger partial charge on any atom is -0.493 e. The summed E-state index contributed by atoms with van der Waals surface area (Å²) >= 11 is 0. The fraction of sp³-hybridized carbons (Fsp3) is 0.158. The molecular weight excluding hydrogens is 324 g/mol. The van der Waals surface area contributed by atoms with Crippen LogP contribution >= 0.6 is 0 Å². The predicted octanol–water partition coefficient (Wildman–Crippen LogP) is 3.31. The Morgan fingerprint density at radius 2 is 1.56 bits per heavy atom. The van der Waals surface area contributed by atoms with Gasteiger partial charge in [0.05, 0.1) is 26.9 Å². The maximum Gasteiger partial charge on any atom is 0.335 e. The van der Waals surface area contributed by atoms with Gasteiger partial charge in [-0.05, 0) is 35.9 Å². The average molecular weight is 342 g/mol. The number of carboxylic acids is 1. The van der Waals surface area contributed by atoms with Crippen LogP contribution in [0.25, 0.3) is 6.08 Å². The Bertz CT molecular complexity index is 797. The molecule has 0 aliphatic rings. The first-order valence-electron chi connectivity index (χ1n) is 7.36. The second-order valence-corrected chi connectivity index (χ2v) is 5.04. The predicted molar refractivity (Wildman–Crippen MR) is 92.9 cm³/mol. The molecule has 0 aliphatic carbocycles. The number of carboxylic acid groups (broad SMARTS) is 1. The maximum absolute atomic E-state index is 12.4. The minimum absolute atomic E-state index is 0.155. The van der Waals surface area contributed by atoms with Gasteiger partial charge in [0.2, 0.25) is 5.75 Å². The van der Waals surface area contributed by atoms with E-state index in [9.17, 15) is 9.59 Å². The van der Waals surface area contributed by atoms with Gasteiger partial charge in [0.15, 0.2) is 17.3 Å². The van der Waals surface area contributed by atoms with E-state index in [1.165, 1.54) is 39.5 Å². The molecule has 0 radical (unpaired) electrons. The van der Waals surface area contributed by atoms with Gasteiger partial charge in [0, 0.05) is 5.56 Å². The number of hydrogen-bond acceptors (Lipinski definition) is 5. The molecule has 25 heavy (non-hydrogen) atoms. The maximum atomic E-state index is 12.4. The number of allylic oxidation sites excluding steroid dienone is 1. The van der Waals surface area contributed by atoms with E-state index in [2.05, 4.69) is 0 Å². The molecule has 0 heterocycles. The Kier molecular flexibility index (Phi) is 5.79. The molecule has 0 unspecified atom stereocenters. The fourth-order valence-corrected chi connectivity index (χ4v) is 2.27. The highest BCUT2D eigenvalue weighted by Crippen LogP contribution is 2.38. The second kappa shape index (κ2) is 8.01. The molecule has 0 saturated heterocycles. The number of carbonyl (C=O) groups excluding carboxylic acids is 1. The Balaban J connectivity index is 2.31. The van der Waals surface area contributed by atoms with Crippen LogP contribution in [0.2, 0.25) is 0 Å². The molecule has 0 spiro atoms. The first-order chi connectivity index (χ1) is 12.0. The Labute approximate surface area is 145 Å². The zero-order valence-electron chi connectivity index (χ0n) is 14.1. The quantitative estimate of drug-likeness (QED) is 0.614. The molecule has 0 fully saturated rings. The highest BCUT2D eigenvalue weighted by molar-refractivity contribution is 6.07. The van der Waals surface area contributed by atoms with Gasteiger partial charge in [-0.1, -0.05) is 18.2 Å². The number of ketones is 1. The standard InChI is InChI=1S/C19H18O6/c1-23-16-10-14(11-17(24-2)18(16)25-3)15(20)8-7-12-5-4-6-13(9-12)19(21)22/h4-11H,1-3H3,(H,21,22)/b8-7+. The van der Waals surface area contributed by atoms with Crippen molar-refractivity contribution < 1.29 is 28.9 Å². The smallest absolute Gasteiger partial charge is 0.335 e. The highest BCUT2D eigenvalue weighted by atomic mass is 16.5. The summed E-state index contributed by atoms with van der Waals surface area (Å²) in [5.74, 6) is -0.135. The molecule has 1 N–H and O–H groups in total. The Morgan fingerprint density at radius 1 is 0.920 bits per heavy atom. The minimum atomic E-state index is -1.02. The van der Waals surface area contributed by atoms with Gasteiger partial charge in [-0.3, -0.25) is 4.79 Å². The molecule has 0 aromatic heterocycles. The van der Waals surface area contributed by atoms with Crippen LogP contribution in [0.4, 0.5) is 0 Å². The first kappa shape index (κ1) is 18.1. The van der Waals surface area contributed by atoms with E-state index in [-0.39, 0.29) is 11.3 Å². The van der Waals surface area contributed by atoms with Gasteiger partial charge in [0.25, 0.3) is 0 Å². The first-order valence-corrected chi connectivity index (χ1v) is 7.36. The molecule has 0 saturated carbocycles. The van der Waals surface area contributed by atoms with Gasteiger partial charge >= 0.3 is 5.97 Å². The van der Waals surface area contributed by atoms with Crippen molar-refractivity contribution in [3.8, 4) is 17.2 Å². The lowest BCUT2D eigenvalue weighted by atomic mass is 10.1.